The van der Waals surface area contributed by atoms with Gasteiger partial charge in [0.15, 0.2) is 0 Å². The van der Waals surface area contributed by atoms with Crippen LogP contribution in [0.3, 0.4) is 0 Å². The van der Waals surface area contributed by atoms with Crippen molar-refractivity contribution >= 4 is 12.6 Å². The Morgan fingerprint density at radius 2 is 1.40 bits per heavy atom. The van der Waals surface area contributed by atoms with Gasteiger partial charge >= 0.3 is 6.09 Å². The molecule has 1 aromatic carbocycles. The highest BCUT2D eigenvalue weighted by atomic mass is 16.5. The van der Waals surface area contributed by atoms with Crippen LogP contribution < -0.4 is 10.4 Å². The van der Waals surface area contributed by atoms with Crippen molar-refractivity contribution in [3.63, 3.8) is 0 Å². The number of quaternary nitrogens is 1. The molecule has 1 N–H and O–H groups in total. The quantitative estimate of drug-likeness (QED) is 0.264. The average Bonchev–Trinajstić information content (AvgIpc) is 2.77. The number of nitrogens with one attached hydrogen (secondary N) is 1. The van der Waals surface area contributed by atoms with Crippen LogP contribution in [0.4, 0.5) is 4.79 Å². The number of hydrogen-bond acceptors (Lipinski definition) is 4. The van der Waals surface area contributed by atoms with Gasteiger partial charge in [-0.05, 0) is 24.8 Å². The third kappa shape index (κ3) is 14.0. The predicted octanol–water partition coefficient (Wildman–Crippen LogP) is 3.89. The largest absolute Gasteiger partial charge is 0.554 e. The molecule has 0 aliphatic rings. The lowest BCUT2D eigenvalue weighted by atomic mass is 10.1. The van der Waals surface area contributed by atoms with Crippen LogP contribution in [-0.2, 0) is 16.1 Å². The first kappa shape index (κ1) is 27.9. The minimum atomic E-state index is -0.500. The van der Waals surface area contributed by atoms with Crippen LogP contribution >= 0.6 is 0 Å². The molecule has 6 heteroatoms. The maximum atomic E-state index is 11.9. The fourth-order valence-electron chi connectivity index (χ4n) is 3.53. The molecule has 1 rings (SSSR count). The predicted molar refractivity (Wildman–Crippen MR) is 120 cm³/mol. The molecule has 0 spiro atoms. The number of carboxylic acid groups (broad SMARTS) is 1. The number of amides is 1. The molecule has 0 saturated carbocycles. The van der Waals surface area contributed by atoms with Gasteiger partial charge in [0, 0.05) is 19.4 Å². The van der Waals surface area contributed by atoms with Crippen molar-refractivity contribution < 1.29 is 23.9 Å². The molecule has 1 amide bonds. The Hall–Kier alpha value is -2.08. The lowest BCUT2D eigenvalue weighted by Crippen LogP contribution is -2.51. The lowest BCUT2D eigenvalue weighted by Gasteiger charge is -2.39. The number of benzene rings is 1. The number of rotatable bonds is 15. The first-order valence-corrected chi connectivity index (χ1v) is 11.4. The van der Waals surface area contributed by atoms with Gasteiger partial charge in [0.25, 0.3) is 0 Å². The van der Waals surface area contributed by atoms with Crippen molar-refractivity contribution in [3.05, 3.63) is 35.9 Å². The molecule has 1 aromatic rings. The van der Waals surface area contributed by atoms with Crippen LogP contribution in [0.1, 0.15) is 71.3 Å². The zero-order valence-corrected chi connectivity index (χ0v) is 19.2. The fraction of sp³-hybridized carbons (Fsp3) is 0.667. The molecule has 172 valence electrons. The van der Waals surface area contributed by atoms with Crippen molar-refractivity contribution in [1.82, 2.24) is 5.32 Å². The Morgan fingerprint density at radius 3 is 1.87 bits per heavy atom. The standard InChI is InChI=1S/C23H40N2O2.CH2O2/c1-4-7-17-25(18-8-5-2,19-9-6-3)20-13-16-24-23(26)27-21-22-14-11-10-12-15-22;2-1-3/h10-12,14-15H,4-9,13,16-21H2,1-3H3;1H,(H,2,3). The summed E-state index contributed by atoms with van der Waals surface area (Å²) >= 11 is 0. The van der Waals surface area contributed by atoms with E-state index in [1.54, 1.807) is 0 Å². The maximum Gasteiger partial charge on any atom is 0.407 e. The molecular weight excluding hydrogens is 380 g/mol. The van der Waals surface area contributed by atoms with E-state index in [1.165, 1.54) is 62.6 Å². The molecule has 6 nitrogen and oxygen atoms in total. The summed E-state index contributed by atoms with van der Waals surface area (Å²) in [6, 6.07) is 9.81. The van der Waals surface area contributed by atoms with Gasteiger partial charge < -0.3 is 24.4 Å². The molecule has 0 unspecified atom stereocenters. The van der Waals surface area contributed by atoms with Crippen molar-refractivity contribution in [2.45, 2.75) is 72.3 Å². The summed E-state index contributed by atoms with van der Waals surface area (Å²) in [6.07, 6.45) is 8.33. The van der Waals surface area contributed by atoms with Crippen molar-refractivity contribution in [1.29, 1.82) is 0 Å². The summed E-state index contributed by atoms with van der Waals surface area (Å²) in [6.45, 7) is 12.3. The number of unbranched alkanes of at least 4 members (excludes halogenated alkanes) is 3. The maximum absolute atomic E-state index is 11.9. The average molecular weight is 423 g/mol. The van der Waals surface area contributed by atoms with Gasteiger partial charge in [-0.3, -0.25) is 0 Å². The lowest BCUT2D eigenvalue weighted by molar-refractivity contribution is -0.929. The summed E-state index contributed by atoms with van der Waals surface area (Å²) in [7, 11) is 0. The minimum Gasteiger partial charge on any atom is -0.554 e. The molecule has 0 atom stereocenters. The highest BCUT2D eigenvalue weighted by molar-refractivity contribution is 5.67. The second-order valence-electron chi connectivity index (χ2n) is 7.74. The summed E-state index contributed by atoms with van der Waals surface area (Å²) in [5.74, 6) is 0. The second-order valence-corrected chi connectivity index (χ2v) is 7.74. The number of nitrogens with zero attached hydrogens (tertiary/aromatic N) is 1. The van der Waals surface area contributed by atoms with Gasteiger partial charge in [0.1, 0.15) is 6.61 Å². The SMILES string of the molecule is CCCC[N+](CCCC)(CCCC)CCCNC(=O)OCc1ccccc1.O=C[O-]. The molecule has 0 radical (unpaired) electrons. The Kier molecular flexibility index (Phi) is 17.6. The van der Waals surface area contributed by atoms with Gasteiger partial charge in [-0.25, -0.2) is 4.79 Å². The molecule has 0 saturated heterocycles. The summed E-state index contributed by atoms with van der Waals surface area (Å²) in [5, 5.41) is 11.2. The van der Waals surface area contributed by atoms with Gasteiger partial charge in [0.2, 0.25) is 0 Å². The van der Waals surface area contributed by atoms with Crippen LogP contribution in [0.25, 0.3) is 0 Å². The molecule has 0 bridgehead atoms. The van der Waals surface area contributed by atoms with Crippen LogP contribution in [0.15, 0.2) is 30.3 Å². The Labute approximate surface area is 183 Å². The molecule has 0 fully saturated rings. The van der Waals surface area contributed by atoms with E-state index in [1.807, 2.05) is 30.3 Å². The zero-order chi connectivity index (χ0) is 22.5. The van der Waals surface area contributed by atoms with E-state index in [2.05, 4.69) is 26.1 Å². The highest BCUT2D eigenvalue weighted by Crippen LogP contribution is 2.15. The number of carbonyl (C=O) groups is 2. The number of ether oxygens (including phenoxy) is 1. The number of hydrogen-bond donors (Lipinski definition) is 1. The molecule has 30 heavy (non-hydrogen) atoms. The van der Waals surface area contributed by atoms with Gasteiger partial charge in [-0.2, -0.15) is 0 Å². The van der Waals surface area contributed by atoms with Crippen molar-refractivity contribution in [2.24, 2.45) is 0 Å². The van der Waals surface area contributed by atoms with E-state index in [-0.39, 0.29) is 6.09 Å². The third-order valence-corrected chi connectivity index (χ3v) is 5.25. The van der Waals surface area contributed by atoms with E-state index in [4.69, 9.17) is 14.6 Å². The number of carbonyl (C=O) groups excluding carboxylic acids is 2. The fourth-order valence-corrected chi connectivity index (χ4v) is 3.53. The van der Waals surface area contributed by atoms with Gasteiger partial charge in [-0.1, -0.05) is 70.4 Å². The van der Waals surface area contributed by atoms with Crippen LogP contribution in [0.2, 0.25) is 0 Å². The van der Waals surface area contributed by atoms with E-state index < -0.39 is 6.47 Å². The summed E-state index contributed by atoms with van der Waals surface area (Å²) < 4.78 is 6.52. The first-order chi connectivity index (χ1) is 14.6. The molecule has 0 aliphatic heterocycles. The van der Waals surface area contributed by atoms with E-state index >= 15 is 0 Å². The van der Waals surface area contributed by atoms with Crippen LogP contribution in [0, 0.1) is 0 Å². The minimum absolute atomic E-state index is 0.312. The first-order valence-electron chi connectivity index (χ1n) is 11.4. The Bertz CT molecular complexity index is 515. The van der Waals surface area contributed by atoms with Crippen molar-refractivity contribution in [3.8, 4) is 0 Å². The molecular formula is C24H42N2O4. The van der Waals surface area contributed by atoms with E-state index in [9.17, 15) is 4.79 Å². The smallest absolute Gasteiger partial charge is 0.407 e. The second kappa shape index (κ2) is 18.9. The highest BCUT2D eigenvalue weighted by Gasteiger charge is 2.25. The molecule has 0 aromatic heterocycles. The van der Waals surface area contributed by atoms with Crippen LogP contribution in [-0.4, -0.2) is 49.8 Å². The monoisotopic (exact) mass is 422 g/mol. The van der Waals surface area contributed by atoms with E-state index in [0.29, 0.717) is 13.2 Å². The number of alkyl carbamates (subject to hydrolysis) is 1. The molecule has 0 aliphatic carbocycles. The Morgan fingerprint density at radius 1 is 0.933 bits per heavy atom. The normalized spacial score (nSPS) is 10.6. The van der Waals surface area contributed by atoms with Crippen molar-refractivity contribution in [2.75, 3.05) is 32.7 Å². The van der Waals surface area contributed by atoms with E-state index in [0.717, 1.165) is 18.5 Å². The molecule has 0 heterocycles. The topological polar surface area (TPSA) is 78.5 Å². The van der Waals surface area contributed by atoms with Gasteiger partial charge in [0.05, 0.1) is 26.2 Å². The summed E-state index contributed by atoms with van der Waals surface area (Å²) in [5.41, 5.74) is 1.02. The van der Waals surface area contributed by atoms with Crippen LogP contribution in [0.5, 0.6) is 0 Å². The summed E-state index contributed by atoms with van der Waals surface area (Å²) in [4.78, 5) is 20.2. The zero-order valence-electron chi connectivity index (χ0n) is 19.2. The Balaban J connectivity index is 0.00000263. The third-order valence-electron chi connectivity index (χ3n) is 5.25. The van der Waals surface area contributed by atoms with Gasteiger partial charge in [-0.15, -0.1) is 0 Å².